The van der Waals surface area contributed by atoms with Crippen LogP contribution in [0.1, 0.15) is 33.3 Å². The lowest BCUT2D eigenvalue weighted by Gasteiger charge is -2.37. The Bertz CT molecular complexity index is 599. The molecule has 1 aliphatic heterocycles. The van der Waals surface area contributed by atoms with Crippen LogP contribution < -0.4 is 4.72 Å². The Kier molecular flexibility index (Phi) is 4.84. The molecule has 0 aromatic heterocycles. The first-order valence-corrected chi connectivity index (χ1v) is 8.36. The van der Waals surface area contributed by atoms with E-state index in [9.17, 15) is 13.4 Å². The zero-order valence-electron chi connectivity index (χ0n) is 13.3. The number of ketones is 1. The van der Waals surface area contributed by atoms with Crippen molar-refractivity contribution in [1.29, 1.82) is 0 Å². The third kappa shape index (κ3) is 3.29. The molecule has 22 heavy (non-hydrogen) atoms. The molecule has 0 aliphatic carbocycles. The van der Waals surface area contributed by atoms with Crippen molar-refractivity contribution in [3.8, 4) is 0 Å². The second-order valence-corrected chi connectivity index (χ2v) is 8.67. The predicted molar refractivity (Wildman–Crippen MR) is 84.1 cm³/mol. The van der Waals surface area contributed by atoms with Gasteiger partial charge >= 0.3 is 0 Å². The molecule has 3 atom stereocenters. The van der Waals surface area contributed by atoms with E-state index in [1.165, 1.54) is 6.07 Å². The summed E-state index contributed by atoms with van der Waals surface area (Å²) in [5, 5.41) is 0. The molecule has 1 aromatic carbocycles. The summed E-state index contributed by atoms with van der Waals surface area (Å²) in [7, 11) is -1.45. The fraction of sp³-hybridized carbons (Fsp3) is 0.562. The quantitative estimate of drug-likeness (QED) is 0.923. The molecule has 0 amide bonds. The zero-order valence-corrected chi connectivity index (χ0v) is 14.1. The minimum absolute atomic E-state index is 0.0124. The normalized spacial score (nSPS) is 23.3. The largest absolute Gasteiger partial charge is 0.373 e. The van der Waals surface area contributed by atoms with Crippen molar-refractivity contribution in [2.24, 2.45) is 5.92 Å². The van der Waals surface area contributed by atoms with Gasteiger partial charge in [-0.15, -0.1) is 0 Å². The van der Waals surface area contributed by atoms with Crippen LogP contribution in [-0.4, -0.2) is 28.0 Å². The maximum Gasteiger partial charge on any atom is 0.166 e. The highest BCUT2D eigenvalue weighted by molar-refractivity contribution is 7.84. The summed E-state index contributed by atoms with van der Waals surface area (Å²) in [5.41, 5.74) is -0.756. The SMILES string of the molecule is CC(C)(C)S(=O)N[C@](C)(c1ccccc1F)[C@H]1COCC1=O. The first-order valence-electron chi connectivity index (χ1n) is 7.21. The van der Waals surface area contributed by atoms with E-state index in [0.29, 0.717) is 5.56 Å². The Hall–Kier alpha value is -1.11. The number of nitrogens with one attached hydrogen (secondary N) is 1. The number of benzene rings is 1. The van der Waals surface area contributed by atoms with Gasteiger partial charge in [0.2, 0.25) is 0 Å². The third-order valence-electron chi connectivity index (χ3n) is 3.91. The molecule has 1 fully saturated rings. The van der Waals surface area contributed by atoms with Crippen molar-refractivity contribution in [2.45, 2.75) is 38.0 Å². The van der Waals surface area contributed by atoms with Crippen LogP contribution >= 0.6 is 0 Å². The highest BCUT2D eigenvalue weighted by atomic mass is 32.2. The number of halogens is 1. The van der Waals surface area contributed by atoms with Gasteiger partial charge in [0.25, 0.3) is 0 Å². The second-order valence-electron chi connectivity index (χ2n) is 6.70. The Labute approximate surface area is 133 Å². The topological polar surface area (TPSA) is 55.4 Å². The van der Waals surface area contributed by atoms with Gasteiger partial charge in [-0.3, -0.25) is 4.79 Å². The minimum Gasteiger partial charge on any atom is -0.373 e. The van der Waals surface area contributed by atoms with Crippen LogP contribution in [0.4, 0.5) is 4.39 Å². The minimum atomic E-state index is -1.45. The lowest BCUT2D eigenvalue weighted by Crippen LogP contribution is -2.53. The molecule has 1 saturated heterocycles. The van der Waals surface area contributed by atoms with Crippen molar-refractivity contribution < 1.29 is 18.1 Å². The van der Waals surface area contributed by atoms with Crippen LogP contribution in [0.25, 0.3) is 0 Å². The van der Waals surface area contributed by atoms with Gasteiger partial charge in [-0.25, -0.2) is 13.3 Å². The fourth-order valence-electron chi connectivity index (χ4n) is 2.50. The van der Waals surface area contributed by atoms with Crippen LogP contribution in [0.5, 0.6) is 0 Å². The van der Waals surface area contributed by atoms with Crippen LogP contribution in [0, 0.1) is 11.7 Å². The average molecular weight is 327 g/mol. The van der Waals surface area contributed by atoms with E-state index < -0.39 is 33.0 Å². The number of carbonyl (C=O) groups excluding carboxylic acids is 1. The van der Waals surface area contributed by atoms with Crippen LogP contribution in [0.2, 0.25) is 0 Å². The highest BCUT2D eigenvalue weighted by Gasteiger charge is 2.46. The number of rotatable bonds is 4. The molecule has 0 radical (unpaired) electrons. The lowest BCUT2D eigenvalue weighted by atomic mass is 9.79. The van der Waals surface area contributed by atoms with Crippen molar-refractivity contribution >= 4 is 16.8 Å². The molecule has 1 N–H and O–H groups in total. The maximum atomic E-state index is 14.3. The van der Waals surface area contributed by atoms with Gasteiger partial charge in [-0.1, -0.05) is 18.2 Å². The standard InChI is InChI=1S/C16H22FNO3S/c1-15(2,3)22(20)18-16(4,12-9-21-10-14(12)19)11-7-5-6-8-13(11)17/h5-8,12,18H,9-10H2,1-4H3/t12-,16+,22?/m0/s1. The monoisotopic (exact) mass is 327 g/mol. The van der Waals surface area contributed by atoms with Crippen LogP contribution in [0.3, 0.4) is 0 Å². The first-order chi connectivity index (χ1) is 10.2. The molecule has 1 aliphatic rings. The molecule has 2 rings (SSSR count). The number of hydrogen-bond donors (Lipinski definition) is 1. The Morgan fingerprint density at radius 1 is 1.27 bits per heavy atom. The zero-order chi connectivity index (χ0) is 16.5. The van der Waals surface area contributed by atoms with E-state index in [2.05, 4.69) is 4.72 Å². The molecule has 0 saturated carbocycles. The summed E-state index contributed by atoms with van der Waals surface area (Å²) in [6.45, 7) is 7.39. The van der Waals surface area contributed by atoms with Gasteiger partial charge in [0.05, 0.1) is 33.8 Å². The van der Waals surface area contributed by atoms with Gasteiger partial charge in [0.15, 0.2) is 5.78 Å². The highest BCUT2D eigenvalue weighted by Crippen LogP contribution is 2.35. The molecular formula is C16H22FNO3S. The molecule has 1 unspecified atom stereocenters. The molecule has 1 aromatic rings. The molecule has 0 bridgehead atoms. The Morgan fingerprint density at radius 3 is 2.41 bits per heavy atom. The number of hydrogen-bond acceptors (Lipinski definition) is 3. The molecule has 122 valence electrons. The van der Waals surface area contributed by atoms with Gasteiger partial charge in [0.1, 0.15) is 12.4 Å². The van der Waals surface area contributed by atoms with E-state index in [1.807, 2.05) is 20.8 Å². The van der Waals surface area contributed by atoms with E-state index in [1.54, 1.807) is 25.1 Å². The van der Waals surface area contributed by atoms with Gasteiger partial charge in [-0.05, 0) is 33.8 Å². The van der Waals surface area contributed by atoms with Crippen molar-refractivity contribution in [2.75, 3.05) is 13.2 Å². The lowest BCUT2D eigenvalue weighted by molar-refractivity contribution is -0.122. The summed E-state index contributed by atoms with van der Waals surface area (Å²) < 4.78 is 34.6. The van der Waals surface area contributed by atoms with Crippen LogP contribution in [-0.2, 0) is 26.1 Å². The smallest absolute Gasteiger partial charge is 0.166 e. The van der Waals surface area contributed by atoms with E-state index in [-0.39, 0.29) is 19.0 Å². The summed E-state index contributed by atoms with van der Waals surface area (Å²) in [4.78, 5) is 12.2. The van der Waals surface area contributed by atoms with Crippen LogP contribution in [0.15, 0.2) is 24.3 Å². The van der Waals surface area contributed by atoms with E-state index >= 15 is 0 Å². The van der Waals surface area contributed by atoms with E-state index in [0.717, 1.165) is 0 Å². The van der Waals surface area contributed by atoms with Crippen molar-refractivity contribution in [3.63, 3.8) is 0 Å². The second kappa shape index (κ2) is 6.18. The van der Waals surface area contributed by atoms with E-state index in [4.69, 9.17) is 4.74 Å². The summed E-state index contributed by atoms with van der Waals surface area (Å²) in [6, 6.07) is 6.26. The van der Waals surface area contributed by atoms with Gasteiger partial charge < -0.3 is 4.74 Å². The summed E-state index contributed by atoms with van der Waals surface area (Å²) in [6.07, 6.45) is 0. The molecule has 4 nitrogen and oxygen atoms in total. The average Bonchev–Trinajstić information content (AvgIpc) is 2.84. The third-order valence-corrected chi connectivity index (χ3v) is 5.63. The number of ether oxygens (including phenoxy) is 1. The molecular weight excluding hydrogens is 305 g/mol. The van der Waals surface area contributed by atoms with Crippen molar-refractivity contribution in [3.05, 3.63) is 35.6 Å². The fourth-order valence-corrected chi connectivity index (χ4v) is 3.44. The van der Waals surface area contributed by atoms with Gasteiger partial charge in [0, 0.05) is 5.56 Å². The van der Waals surface area contributed by atoms with Crippen molar-refractivity contribution in [1.82, 2.24) is 4.72 Å². The summed E-state index contributed by atoms with van der Waals surface area (Å²) in [5.74, 6) is -1.11. The Morgan fingerprint density at radius 2 is 1.91 bits per heavy atom. The number of carbonyl (C=O) groups is 1. The summed E-state index contributed by atoms with van der Waals surface area (Å²) >= 11 is 0. The maximum absolute atomic E-state index is 14.3. The number of Topliss-reactive ketones (excluding diaryl/α,β-unsaturated/α-hetero) is 1. The molecule has 0 spiro atoms. The first kappa shape index (κ1) is 17.2. The molecule has 6 heteroatoms. The predicted octanol–water partition coefficient (Wildman–Crippen LogP) is 2.31. The van der Waals surface area contributed by atoms with Gasteiger partial charge in [-0.2, -0.15) is 0 Å². The Balaban J connectivity index is 2.47. The molecule has 1 heterocycles.